The van der Waals surface area contributed by atoms with Gasteiger partial charge in [-0.25, -0.2) is 4.98 Å². The molecule has 0 aliphatic carbocycles. The van der Waals surface area contributed by atoms with E-state index < -0.39 is 0 Å². The molecule has 0 amide bonds. The molecule has 1 aliphatic heterocycles. The maximum atomic E-state index is 9.21. The number of aromatic nitrogens is 2. The van der Waals surface area contributed by atoms with Crippen LogP contribution in [-0.2, 0) is 13.7 Å². The Morgan fingerprint density at radius 1 is 1.39 bits per heavy atom. The minimum Gasteiger partial charge on any atom is -0.454 e. The highest BCUT2D eigenvalue weighted by molar-refractivity contribution is 9.10. The van der Waals surface area contributed by atoms with E-state index in [1.165, 1.54) is 0 Å². The Bertz CT molecular complexity index is 610. The van der Waals surface area contributed by atoms with Crippen LogP contribution in [0.25, 0.3) is 11.4 Å². The van der Waals surface area contributed by atoms with Gasteiger partial charge in [0, 0.05) is 12.6 Å². The minimum atomic E-state index is -0.0982. The van der Waals surface area contributed by atoms with Gasteiger partial charge in [0.25, 0.3) is 0 Å². The molecule has 5 nitrogen and oxygen atoms in total. The molecule has 0 unspecified atom stereocenters. The lowest BCUT2D eigenvalue weighted by atomic mass is 10.2. The Morgan fingerprint density at radius 2 is 2.17 bits per heavy atom. The van der Waals surface area contributed by atoms with E-state index in [9.17, 15) is 5.11 Å². The van der Waals surface area contributed by atoms with Gasteiger partial charge in [-0.3, -0.25) is 0 Å². The normalized spacial score (nSPS) is 13.1. The number of imidazole rings is 1. The zero-order valence-corrected chi connectivity index (χ0v) is 11.3. The summed E-state index contributed by atoms with van der Waals surface area (Å²) in [6.07, 6.45) is 0. The molecule has 0 radical (unpaired) electrons. The Balaban J connectivity index is 2.10. The number of aliphatic hydroxyl groups excluding tert-OH is 1. The van der Waals surface area contributed by atoms with E-state index in [0.29, 0.717) is 5.69 Å². The third kappa shape index (κ3) is 1.69. The SMILES string of the molecule is Cn1c(-c2ccc3c(c2)OCO3)nc(CO)c1Br. The predicted octanol–water partition coefficient (Wildman–Crippen LogP) is 2.07. The number of hydrogen-bond acceptors (Lipinski definition) is 4. The van der Waals surface area contributed by atoms with Crippen molar-refractivity contribution in [1.82, 2.24) is 9.55 Å². The van der Waals surface area contributed by atoms with E-state index in [1.54, 1.807) is 0 Å². The maximum absolute atomic E-state index is 9.21. The maximum Gasteiger partial charge on any atom is 0.231 e. The number of fused-ring (bicyclic) bond motifs is 1. The molecule has 2 heterocycles. The number of rotatable bonds is 2. The highest BCUT2D eigenvalue weighted by atomic mass is 79.9. The second-order valence-electron chi connectivity index (χ2n) is 3.96. The van der Waals surface area contributed by atoms with Gasteiger partial charge in [0.1, 0.15) is 10.4 Å². The predicted molar refractivity (Wildman–Crippen MR) is 68.4 cm³/mol. The van der Waals surface area contributed by atoms with Crippen LogP contribution in [0.5, 0.6) is 11.5 Å². The highest BCUT2D eigenvalue weighted by Crippen LogP contribution is 2.36. The molecule has 18 heavy (non-hydrogen) atoms. The summed E-state index contributed by atoms with van der Waals surface area (Å²) in [5.74, 6) is 2.23. The largest absolute Gasteiger partial charge is 0.454 e. The quantitative estimate of drug-likeness (QED) is 0.922. The molecule has 0 atom stereocenters. The van der Waals surface area contributed by atoms with Gasteiger partial charge in [0.05, 0.1) is 12.3 Å². The standard InChI is InChI=1S/C12H11BrN2O3/c1-15-11(13)8(5-16)14-12(15)7-2-3-9-10(4-7)18-6-17-9/h2-4,16H,5-6H2,1H3. The van der Waals surface area contributed by atoms with Crippen LogP contribution in [0.3, 0.4) is 0 Å². The first-order valence-electron chi connectivity index (χ1n) is 5.42. The van der Waals surface area contributed by atoms with Gasteiger partial charge >= 0.3 is 0 Å². The summed E-state index contributed by atoms with van der Waals surface area (Å²) in [5, 5.41) is 9.21. The van der Waals surface area contributed by atoms with Crippen molar-refractivity contribution < 1.29 is 14.6 Å². The number of ether oxygens (including phenoxy) is 2. The van der Waals surface area contributed by atoms with E-state index in [1.807, 2.05) is 29.8 Å². The second-order valence-corrected chi connectivity index (χ2v) is 4.71. The molecule has 0 saturated heterocycles. The molecule has 0 fully saturated rings. The van der Waals surface area contributed by atoms with Crippen molar-refractivity contribution in [2.75, 3.05) is 6.79 Å². The summed E-state index contributed by atoms with van der Waals surface area (Å²) < 4.78 is 13.3. The number of halogens is 1. The number of benzene rings is 1. The van der Waals surface area contributed by atoms with E-state index in [4.69, 9.17) is 9.47 Å². The van der Waals surface area contributed by atoms with Crippen LogP contribution < -0.4 is 9.47 Å². The Hall–Kier alpha value is -1.53. The van der Waals surface area contributed by atoms with Crippen molar-refractivity contribution in [1.29, 1.82) is 0 Å². The van der Waals surface area contributed by atoms with Gasteiger partial charge < -0.3 is 19.1 Å². The first-order valence-corrected chi connectivity index (χ1v) is 6.22. The molecule has 1 aliphatic rings. The summed E-state index contributed by atoms with van der Waals surface area (Å²) in [6.45, 7) is 0.157. The summed E-state index contributed by atoms with van der Waals surface area (Å²) >= 11 is 3.41. The van der Waals surface area contributed by atoms with Gasteiger partial charge in [0.15, 0.2) is 11.5 Å². The Kier molecular flexibility index (Phi) is 2.76. The van der Waals surface area contributed by atoms with Crippen LogP contribution in [0.4, 0.5) is 0 Å². The fraction of sp³-hybridized carbons (Fsp3) is 0.250. The van der Waals surface area contributed by atoms with Crippen molar-refractivity contribution >= 4 is 15.9 Å². The molecule has 6 heteroatoms. The smallest absolute Gasteiger partial charge is 0.231 e. The van der Waals surface area contributed by atoms with E-state index in [-0.39, 0.29) is 13.4 Å². The Labute approximate surface area is 112 Å². The number of aliphatic hydroxyl groups is 1. The first kappa shape index (κ1) is 11.6. The van der Waals surface area contributed by atoms with Gasteiger partial charge in [0.2, 0.25) is 6.79 Å². The molecule has 3 rings (SSSR count). The first-order chi connectivity index (χ1) is 8.70. The molecule has 1 aromatic heterocycles. The van der Waals surface area contributed by atoms with E-state index in [0.717, 1.165) is 27.5 Å². The minimum absolute atomic E-state index is 0.0982. The lowest BCUT2D eigenvalue weighted by molar-refractivity contribution is 0.174. The second kappa shape index (κ2) is 4.29. The van der Waals surface area contributed by atoms with Crippen LogP contribution in [0.15, 0.2) is 22.8 Å². The molecule has 0 saturated carbocycles. The van der Waals surface area contributed by atoms with Crippen LogP contribution in [-0.4, -0.2) is 21.5 Å². The molecule has 1 aromatic carbocycles. The monoisotopic (exact) mass is 310 g/mol. The van der Waals surface area contributed by atoms with Gasteiger partial charge in [-0.15, -0.1) is 0 Å². The topological polar surface area (TPSA) is 56.5 Å². The summed E-state index contributed by atoms with van der Waals surface area (Å²) in [5.41, 5.74) is 1.53. The molecule has 2 aromatic rings. The lowest BCUT2D eigenvalue weighted by Gasteiger charge is -2.03. The van der Waals surface area contributed by atoms with Gasteiger partial charge in [-0.05, 0) is 34.1 Å². The summed E-state index contributed by atoms with van der Waals surface area (Å²) in [7, 11) is 1.89. The van der Waals surface area contributed by atoms with Crippen LogP contribution in [0.2, 0.25) is 0 Å². The van der Waals surface area contributed by atoms with Crippen LogP contribution >= 0.6 is 15.9 Å². The summed E-state index contributed by atoms with van der Waals surface area (Å²) in [4.78, 5) is 4.39. The van der Waals surface area contributed by atoms with Crippen molar-refractivity contribution in [3.63, 3.8) is 0 Å². The fourth-order valence-corrected chi connectivity index (χ4v) is 2.31. The average Bonchev–Trinajstić information content (AvgIpc) is 2.95. The zero-order chi connectivity index (χ0) is 12.7. The number of hydrogen-bond donors (Lipinski definition) is 1. The fourth-order valence-electron chi connectivity index (χ4n) is 1.93. The third-order valence-electron chi connectivity index (χ3n) is 2.87. The molecule has 0 spiro atoms. The molecular weight excluding hydrogens is 300 g/mol. The molecular formula is C12H11BrN2O3. The lowest BCUT2D eigenvalue weighted by Crippen LogP contribution is -1.93. The van der Waals surface area contributed by atoms with E-state index in [2.05, 4.69) is 20.9 Å². The van der Waals surface area contributed by atoms with Gasteiger partial charge in [-0.1, -0.05) is 0 Å². The third-order valence-corrected chi connectivity index (χ3v) is 3.86. The summed E-state index contributed by atoms with van der Waals surface area (Å²) in [6, 6.07) is 5.67. The van der Waals surface area contributed by atoms with Crippen LogP contribution in [0, 0.1) is 0 Å². The number of nitrogens with zero attached hydrogens (tertiary/aromatic N) is 2. The van der Waals surface area contributed by atoms with E-state index >= 15 is 0 Å². The molecule has 0 bridgehead atoms. The average molecular weight is 311 g/mol. The zero-order valence-electron chi connectivity index (χ0n) is 9.68. The van der Waals surface area contributed by atoms with Crippen molar-refractivity contribution in [2.45, 2.75) is 6.61 Å². The Morgan fingerprint density at radius 3 is 2.89 bits per heavy atom. The molecule has 94 valence electrons. The van der Waals surface area contributed by atoms with Gasteiger partial charge in [-0.2, -0.15) is 0 Å². The van der Waals surface area contributed by atoms with Crippen LogP contribution in [0.1, 0.15) is 5.69 Å². The van der Waals surface area contributed by atoms with Crippen molar-refractivity contribution in [3.8, 4) is 22.9 Å². The van der Waals surface area contributed by atoms with Crippen molar-refractivity contribution in [2.24, 2.45) is 7.05 Å². The highest BCUT2D eigenvalue weighted by Gasteiger charge is 2.18. The molecule has 1 N–H and O–H groups in total. The van der Waals surface area contributed by atoms with Crippen molar-refractivity contribution in [3.05, 3.63) is 28.5 Å².